The Labute approximate surface area is 158 Å². The first-order valence-electron chi connectivity index (χ1n) is 7.36. The molecule has 0 heterocycles. The zero-order valence-corrected chi connectivity index (χ0v) is 15.5. The van der Waals surface area contributed by atoms with Gasteiger partial charge in [-0.2, -0.15) is 0 Å². The Bertz CT molecular complexity index is 1140. The van der Waals surface area contributed by atoms with Crippen LogP contribution in [0.4, 0.5) is 17.1 Å². The molecule has 150 valence electrons. The van der Waals surface area contributed by atoms with Crippen LogP contribution >= 0.6 is 0 Å². The fourth-order valence-electron chi connectivity index (χ4n) is 2.14. The molecule has 2 aromatic carbocycles. The number of rotatable bonds is 8. The highest BCUT2D eigenvalue weighted by Gasteiger charge is 2.23. The van der Waals surface area contributed by atoms with Crippen molar-refractivity contribution in [1.29, 1.82) is 0 Å². The summed E-state index contributed by atoms with van der Waals surface area (Å²) in [6.07, 6.45) is 0. The van der Waals surface area contributed by atoms with Crippen molar-refractivity contribution >= 4 is 36.9 Å². The molecule has 2 aromatic rings. The molecule has 0 bridgehead atoms. The molecule has 0 aliphatic carbocycles. The second-order valence-corrected chi connectivity index (χ2v) is 9.17. The van der Waals surface area contributed by atoms with E-state index in [9.17, 15) is 37.1 Å². The monoisotopic (exact) mass is 431 g/mol. The number of sulfonamides is 1. The number of sulfone groups is 1. The van der Waals surface area contributed by atoms with Crippen molar-refractivity contribution in [3.8, 4) is 0 Å². The zero-order valence-electron chi connectivity index (χ0n) is 13.9. The number of hydrogen-bond donors (Lipinski definition) is 2. The summed E-state index contributed by atoms with van der Waals surface area (Å²) < 4.78 is 51.0. The smallest absolute Gasteiger partial charge is 0.272 e. The van der Waals surface area contributed by atoms with Crippen LogP contribution in [0.15, 0.2) is 52.3 Å². The number of nitro groups is 2. The van der Waals surface area contributed by atoms with Gasteiger partial charge in [-0.05, 0) is 12.1 Å². The molecule has 0 aliphatic heterocycles. The maximum atomic E-state index is 12.5. The van der Waals surface area contributed by atoms with Gasteiger partial charge in [0.2, 0.25) is 0 Å². The number of hydrogen-bond acceptors (Lipinski definition) is 9. The van der Waals surface area contributed by atoms with Crippen molar-refractivity contribution in [2.75, 3.05) is 17.1 Å². The average Bonchev–Trinajstić information content (AvgIpc) is 2.61. The molecule has 0 saturated carbocycles. The number of anilines is 1. The summed E-state index contributed by atoms with van der Waals surface area (Å²) in [7, 11) is -8.51. The Kier molecular flexibility index (Phi) is 5.96. The summed E-state index contributed by atoms with van der Waals surface area (Å²) in [4.78, 5) is 19.1. The van der Waals surface area contributed by atoms with E-state index in [-0.39, 0.29) is 0 Å². The van der Waals surface area contributed by atoms with Crippen LogP contribution in [0.5, 0.6) is 0 Å². The molecule has 0 aliphatic rings. The molecule has 0 fully saturated rings. The van der Waals surface area contributed by atoms with Gasteiger partial charge in [-0.3, -0.25) is 25.0 Å². The maximum absolute atomic E-state index is 12.5. The number of non-ortho nitro benzene ring substituents is 2. The fourth-order valence-corrected chi connectivity index (χ4v) is 4.31. The normalized spacial score (nSPS) is 11.8. The van der Waals surface area contributed by atoms with Crippen LogP contribution in [0, 0.1) is 20.2 Å². The second kappa shape index (κ2) is 7.87. The van der Waals surface area contributed by atoms with Crippen molar-refractivity contribution in [1.82, 2.24) is 0 Å². The molecule has 0 aromatic heterocycles. The molecule has 0 amide bonds. The first-order chi connectivity index (χ1) is 13.0. The number of nitro benzene ring substituents is 2. The summed E-state index contributed by atoms with van der Waals surface area (Å²) in [6.45, 7) is -0.736. The van der Waals surface area contributed by atoms with Gasteiger partial charge in [0.15, 0.2) is 9.84 Å². The average molecular weight is 431 g/mol. The van der Waals surface area contributed by atoms with Gasteiger partial charge in [-0.15, -0.1) is 0 Å². The lowest BCUT2D eigenvalue weighted by Crippen LogP contribution is -2.15. The Morgan fingerprint density at radius 2 is 1.50 bits per heavy atom. The van der Waals surface area contributed by atoms with Crippen LogP contribution in [-0.2, 0) is 19.9 Å². The van der Waals surface area contributed by atoms with Crippen LogP contribution in [-0.4, -0.2) is 44.1 Å². The van der Waals surface area contributed by atoms with Crippen LogP contribution in [0.1, 0.15) is 0 Å². The van der Waals surface area contributed by atoms with Gasteiger partial charge in [0, 0.05) is 24.3 Å². The highest BCUT2D eigenvalue weighted by atomic mass is 32.2. The topological polar surface area (TPSA) is 187 Å². The number of aliphatic hydroxyl groups excluding tert-OH is 1. The van der Waals surface area contributed by atoms with E-state index in [4.69, 9.17) is 5.11 Å². The molecule has 0 atom stereocenters. The molecule has 0 unspecified atom stereocenters. The standard InChI is InChI=1S/C14H13N3O9S2/c18-4-5-27(23,24)14-7-10(6-12(9-14)17(21)22)15-28(25,26)13-3-1-2-11(8-13)16(19)20/h1-3,6-9,15,18H,4-5H2. The van der Waals surface area contributed by atoms with Crippen molar-refractivity contribution in [2.24, 2.45) is 0 Å². The van der Waals surface area contributed by atoms with Gasteiger partial charge >= 0.3 is 0 Å². The molecular weight excluding hydrogens is 418 g/mol. The Morgan fingerprint density at radius 3 is 2.07 bits per heavy atom. The van der Waals surface area contributed by atoms with E-state index >= 15 is 0 Å². The van der Waals surface area contributed by atoms with Crippen LogP contribution < -0.4 is 4.72 Å². The molecule has 28 heavy (non-hydrogen) atoms. The first-order valence-corrected chi connectivity index (χ1v) is 10.5. The van der Waals surface area contributed by atoms with Crippen LogP contribution in [0.2, 0.25) is 0 Å². The summed E-state index contributed by atoms with van der Waals surface area (Å²) >= 11 is 0. The number of aliphatic hydroxyl groups is 1. The van der Waals surface area contributed by atoms with E-state index in [1.807, 2.05) is 4.72 Å². The van der Waals surface area contributed by atoms with Gasteiger partial charge in [-0.25, -0.2) is 16.8 Å². The van der Waals surface area contributed by atoms with E-state index in [0.717, 1.165) is 42.5 Å². The minimum Gasteiger partial charge on any atom is -0.395 e. The second-order valence-electron chi connectivity index (χ2n) is 5.38. The third kappa shape index (κ3) is 4.79. The summed E-state index contributed by atoms with van der Waals surface area (Å²) in [5.41, 5.74) is -1.62. The van der Waals surface area contributed by atoms with E-state index in [1.54, 1.807) is 0 Å². The third-order valence-electron chi connectivity index (χ3n) is 3.41. The van der Waals surface area contributed by atoms with E-state index < -0.39 is 68.9 Å². The predicted molar refractivity (Wildman–Crippen MR) is 96.1 cm³/mol. The molecule has 0 radical (unpaired) electrons. The molecule has 0 saturated heterocycles. The Morgan fingerprint density at radius 1 is 0.893 bits per heavy atom. The molecule has 2 rings (SSSR count). The fraction of sp³-hybridized carbons (Fsp3) is 0.143. The van der Waals surface area contributed by atoms with Gasteiger partial charge in [0.05, 0.1) is 37.7 Å². The zero-order chi connectivity index (χ0) is 21.1. The minimum atomic E-state index is -4.41. The molecule has 14 heteroatoms. The highest BCUT2D eigenvalue weighted by Crippen LogP contribution is 2.27. The van der Waals surface area contributed by atoms with Gasteiger partial charge < -0.3 is 5.11 Å². The number of benzene rings is 2. The van der Waals surface area contributed by atoms with Gasteiger partial charge in [0.25, 0.3) is 21.4 Å². The quantitative estimate of drug-likeness (QED) is 0.455. The summed E-state index contributed by atoms with van der Waals surface area (Å²) in [5, 5.41) is 30.7. The summed E-state index contributed by atoms with van der Waals surface area (Å²) in [5.74, 6) is -0.717. The molecule has 2 N–H and O–H groups in total. The third-order valence-corrected chi connectivity index (χ3v) is 6.47. The largest absolute Gasteiger partial charge is 0.395 e. The van der Waals surface area contributed by atoms with E-state index in [1.165, 1.54) is 0 Å². The lowest BCUT2D eigenvalue weighted by atomic mass is 10.3. The Hall–Kier alpha value is -3.10. The maximum Gasteiger partial charge on any atom is 0.272 e. The molecule has 0 spiro atoms. The van der Waals surface area contributed by atoms with E-state index in [0.29, 0.717) is 0 Å². The van der Waals surface area contributed by atoms with Crippen molar-refractivity contribution in [3.63, 3.8) is 0 Å². The van der Waals surface area contributed by atoms with Crippen molar-refractivity contribution < 1.29 is 31.8 Å². The SMILES string of the molecule is O=[N+]([O-])c1cc(NS(=O)(=O)c2cccc([N+](=O)[O-])c2)cc(S(=O)(=O)CCO)c1. The lowest BCUT2D eigenvalue weighted by Gasteiger charge is -2.10. The van der Waals surface area contributed by atoms with Gasteiger partial charge in [-0.1, -0.05) is 6.07 Å². The van der Waals surface area contributed by atoms with Crippen LogP contribution in [0.25, 0.3) is 0 Å². The van der Waals surface area contributed by atoms with Crippen LogP contribution in [0.3, 0.4) is 0 Å². The molecular formula is C14H13N3O9S2. The molecule has 12 nitrogen and oxygen atoms in total. The first kappa shape index (κ1) is 21.2. The number of nitrogens with zero attached hydrogens (tertiary/aromatic N) is 2. The Balaban J connectivity index is 2.53. The lowest BCUT2D eigenvalue weighted by molar-refractivity contribution is -0.385. The highest BCUT2D eigenvalue weighted by molar-refractivity contribution is 7.92. The minimum absolute atomic E-state index is 0.433. The van der Waals surface area contributed by atoms with Gasteiger partial charge in [0.1, 0.15) is 0 Å². The number of nitrogens with one attached hydrogen (secondary N) is 1. The summed E-state index contributed by atoms with van der Waals surface area (Å²) in [6, 6.07) is 6.44. The van der Waals surface area contributed by atoms with E-state index in [2.05, 4.69) is 0 Å². The van der Waals surface area contributed by atoms with Crippen molar-refractivity contribution in [2.45, 2.75) is 9.79 Å². The predicted octanol–water partition coefficient (Wildman–Crippen LogP) is 1.07. The van der Waals surface area contributed by atoms with Crippen molar-refractivity contribution in [3.05, 3.63) is 62.7 Å².